The molecule has 0 atom stereocenters. The standard InChI is InChI=1S/C23H25N3O6S/c27-17-4-2-14(3-5-17)22-21(29)20(28)18-12-16(25-15-6-8-24-9-7-15)13-19(23(18)32-22)26-10-1-11-33(26,30)31/h2-5,12-13,15,24-25,27,29H,1,6-11H2. The highest BCUT2D eigenvalue weighted by molar-refractivity contribution is 7.93. The van der Waals surface area contributed by atoms with Gasteiger partial charge in [-0.3, -0.25) is 9.10 Å². The number of benzene rings is 2. The maximum Gasteiger partial charge on any atom is 0.235 e. The molecule has 9 nitrogen and oxygen atoms in total. The average molecular weight is 472 g/mol. The van der Waals surface area contributed by atoms with Crippen molar-refractivity contribution in [3.63, 3.8) is 0 Å². The fraction of sp³-hybridized carbons (Fsp3) is 0.348. The Morgan fingerprint density at radius 3 is 2.48 bits per heavy atom. The number of anilines is 2. The first-order chi connectivity index (χ1) is 15.8. The SMILES string of the molecule is O=c1c(O)c(-c2ccc(O)cc2)oc2c(N3CCCS3(=O)=O)cc(NC3CCNCC3)cc12. The van der Waals surface area contributed by atoms with Crippen LogP contribution in [0.4, 0.5) is 11.4 Å². The van der Waals surface area contributed by atoms with Crippen molar-refractivity contribution in [2.75, 3.05) is 35.0 Å². The second-order valence-corrected chi connectivity index (χ2v) is 10.5. The lowest BCUT2D eigenvalue weighted by atomic mass is 10.0. The van der Waals surface area contributed by atoms with Gasteiger partial charge < -0.3 is 25.3 Å². The number of nitrogens with zero attached hydrogens (tertiary/aromatic N) is 1. The van der Waals surface area contributed by atoms with Crippen molar-refractivity contribution in [3.8, 4) is 22.8 Å². The first kappa shape index (κ1) is 21.6. The summed E-state index contributed by atoms with van der Waals surface area (Å²) in [4.78, 5) is 13.2. The molecule has 33 heavy (non-hydrogen) atoms. The zero-order valence-electron chi connectivity index (χ0n) is 17.9. The number of rotatable bonds is 4. The summed E-state index contributed by atoms with van der Waals surface area (Å²) in [6.45, 7) is 2.03. The highest BCUT2D eigenvalue weighted by atomic mass is 32.2. The lowest BCUT2D eigenvalue weighted by Gasteiger charge is -2.26. The fourth-order valence-electron chi connectivity index (χ4n) is 4.46. The Balaban J connectivity index is 1.71. The minimum absolute atomic E-state index is 0.0214. The van der Waals surface area contributed by atoms with E-state index >= 15 is 0 Å². The molecule has 2 aromatic carbocycles. The van der Waals surface area contributed by atoms with Gasteiger partial charge in [-0.1, -0.05) is 0 Å². The molecule has 3 aromatic rings. The van der Waals surface area contributed by atoms with Crippen LogP contribution in [0.3, 0.4) is 0 Å². The van der Waals surface area contributed by atoms with Gasteiger partial charge in [-0.15, -0.1) is 0 Å². The number of nitrogens with one attached hydrogen (secondary N) is 2. The van der Waals surface area contributed by atoms with Crippen LogP contribution in [0.2, 0.25) is 0 Å². The molecule has 4 N–H and O–H groups in total. The molecule has 0 aliphatic carbocycles. The molecule has 2 aliphatic rings. The lowest BCUT2D eigenvalue weighted by molar-refractivity contribution is 0.449. The molecule has 2 fully saturated rings. The van der Waals surface area contributed by atoms with E-state index in [-0.39, 0.29) is 46.5 Å². The van der Waals surface area contributed by atoms with E-state index in [0.717, 1.165) is 25.9 Å². The molecule has 1 aromatic heterocycles. The number of hydrogen-bond acceptors (Lipinski definition) is 8. The second-order valence-electron chi connectivity index (χ2n) is 8.44. The number of aromatic hydroxyl groups is 2. The van der Waals surface area contributed by atoms with Crippen molar-refractivity contribution in [1.29, 1.82) is 0 Å². The molecule has 2 aliphatic heterocycles. The predicted octanol–water partition coefficient (Wildman–Crippen LogP) is 2.58. The van der Waals surface area contributed by atoms with Gasteiger partial charge in [0.05, 0.1) is 16.8 Å². The summed E-state index contributed by atoms with van der Waals surface area (Å²) < 4.78 is 32.8. The molecule has 5 rings (SSSR count). The van der Waals surface area contributed by atoms with E-state index in [2.05, 4.69) is 10.6 Å². The minimum Gasteiger partial charge on any atom is -0.508 e. The number of phenols is 1. The van der Waals surface area contributed by atoms with Crippen LogP contribution in [0.1, 0.15) is 19.3 Å². The third kappa shape index (κ3) is 4.00. The molecule has 0 spiro atoms. The van der Waals surface area contributed by atoms with Gasteiger partial charge >= 0.3 is 0 Å². The van der Waals surface area contributed by atoms with Crippen LogP contribution in [0.5, 0.6) is 11.5 Å². The molecule has 0 amide bonds. The Morgan fingerprint density at radius 1 is 1.09 bits per heavy atom. The van der Waals surface area contributed by atoms with Crippen LogP contribution in [-0.2, 0) is 10.0 Å². The summed E-state index contributed by atoms with van der Waals surface area (Å²) in [5.41, 5.74) is 0.721. The molecule has 174 valence electrons. The van der Waals surface area contributed by atoms with Crippen LogP contribution >= 0.6 is 0 Å². The van der Waals surface area contributed by atoms with Crippen molar-refractivity contribution in [2.24, 2.45) is 0 Å². The quantitative estimate of drug-likeness (QED) is 0.457. The van der Waals surface area contributed by atoms with Gasteiger partial charge in [0.25, 0.3) is 0 Å². The van der Waals surface area contributed by atoms with Gasteiger partial charge in [-0.25, -0.2) is 8.42 Å². The molecule has 3 heterocycles. The first-order valence-corrected chi connectivity index (χ1v) is 12.6. The van der Waals surface area contributed by atoms with Gasteiger partial charge in [0.2, 0.25) is 21.2 Å². The van der Waals surface area contributed by atoms with E-state index < -0.39 is 21.2 Å². The summed E-state index contributed by atoms with van der Waals surface area (Å²) in [6, 6.07) is 9.34. The van der Waals surface area contributed by atoms with Crippen LogP contribution in [0.15, 0.2) is 45.6 Å². The molecule has 0 bridgehead atoms. The molecule has 0 unspecified atom stereocenters. The Hall–Kier alpha value is -3.24. The summed E-state index contributed by atoms with van der Waals surface area (Å²) in [5, 5.41) is 27.0. The van der Waals surface area contributed by atoms with Crippen molar-refractivity contribution >= 4 is 32.4 Å². The third-order valence-electron chi connectivity index (χ3n) is 6.16. The van der Waals surface area contributed by atoms with E-state index in [1.54, 1.807) is 12.1 Å². The van der Waals surface area contributed by atoms with Crippen LogP contribution in [0.25, 0.3) is 22.3 Å². The monoisotopic (exact) mass is 471 g/mol. The van der Waals surface area contributed by atoms with Crippen molar-refractivity contribution < 1.29 is 23.0 Å². The lowest BCUT2D eigenvalue weighted by Crippen LogP contribution is -2.35. The topological polar surface area (TPSA) is 132 Å². The van der Waals surface area contributed by atoms with E-state index in [9.17, 15) is 23.4 Å². The van der Waals surface area contributed by atoms with E-state index in [4.69, 9.17) is 4.42 Å². The summed E-state index contributed by atoms with van der Waals surface area (Å²) in [5.74, 6) is -0.598. The number of phenolic OH excluding ortho intramolecular Hbond substituents is 1. The maximum absolute atomic E-state index is 13.2. The molecule has 0 saturated carbocycles. The molecular formula is C23H25N3O6S. The molecule has 10 heteroatoms. The summed E-state index contributed by atoms with van der Waals surface area (Å²) in [6.07, 6.45) is 2.27. The van der Waals surface area contributed by atoms with E-state index in [1.165, 1.54) is 28.6 Å². The normalized spacial score (nSPS) is 18.6. The largest absolute Gasteiger partial charge is 0.508 e. The van der Waals surface area contributed by atoms with Gasteiger partial charge in [-0.2, -0.15) is 0 Å². The first-order valence-electron chi connectivity index (χ1n) is 10.9. The van der Waals surface area contributed by atoms with Crippen LogP contribution in [-0.4, -0.2) is 50.1 Å². The van der Waals surface area contributed by atoms with E-state index in [0.29, 0.717) is 17.7 Å². The fourth-order valence-corrected chi connectivity index (χ4v) is 6.02. The number of fused-ring (bicyclic) bond motifs is 1. The number of sulfonamides is 1. The summed E-state index contributed by atoms with van der Waals surface area (Å²) in [7, 11) is -3.55. The van der Waals surface area contributed by atoms with Crippen molar-refractivity contribution in [1.82, 2.24) is 5.32 Å². The summed E-state index contributed by atoms with van der Waals surface area (Å²) >= 11 is 0. The number of hydrogen-bond donors (Lipinski definition) is 4. The highest BCUT2D eigenvalue weighted by Gasteiger charge is 2.32. The zero-order valence-corrected chi connectivity index (χ0v) is 18.7. The zero-order chi connectivity index (χ0) is 23.2. The average Bonchev–Trinajstić information content (AvgIpc) is 3.16. The minimum atomic E-state index is -3.55. The second kappa shape index (κ2) is 8.27. The van der Waals surface area contributed by atoms with Crippen molar-refractivity contribution in [3.05, 3.63) is 46.6 Å². The number of piperidine rings is 1. The molecule has 0 radical (unpaired) electrons. The van der Waals surface area contributed by atoms with Gasteiger partial charge in [0, 0.05) is 23.8 Å². The Morgan fingerprint density at radius 2 is 1.82 bits per heavy atom. The van der Waals surface area contributed by atoms with Gasteiger partial charge in [-0.05, 0) is 68.8 Å². The maximum atomic E-state index is 13.2. The predicted molar refractivity (Wildman–Crippen MR) is 127 cm³/mol. The van der Waals surface area contributed by atoms with Gasteiger partial charge in [0.15, 0.2) is 11.3 Å². The van der Waals surface area contributed by atoms with Crippen LogP contribution < -0.4 is 20.4 Å². The van der Waals surface area contributed by atoms with Crippen molar-refractivity contribution in [2.45, 2.75) is 25.3 Å². The Bertz CT molecular complexity index is 1360. The Kier molecular flexibility index (Phi) is 5.41. The third-order valence-corrected chi connectivity index (χ3v) is 8.01. The van der Waals surface area contributed by atoms with Gasteiger partial charge in [0.1, 0.15) is 5.75 Å². The van der Waals surface area contributed by atoms with E-state index in [1.807, 2.05) is 0 Å². The smallest absolute Gasteiger partial charge is 0.235 e. The highest BCUT2D eigenvalue weighted by Crippen LogP contribution is 2.39. The molecular weight excluding hydrogens is 446 g/mol. The van der Waals surface area contributed by atoms with Crippen LogP contribution in [0, 0.1) is 0 Å². The Labute approximate surface area is 190 Å². The molecule has 2 saturated heterocycles.